The fourth-order valence-corrected chi connectivity index (χ4v) is 4.57. The number of nitrogens with zero attached hydrogens (tertiary/aromatic N) is 2. The van der Waals surface area contributed by atoms with E-state index in [4.69, 9.17) is 4.98 Å². The van der Waals surface area contributed by atoms with E-state index in [0.717, 1.165) is 54.6 Å². The van der Waals surface area contributed by atoms with Crippen molar-refractivity contribution < 1.29 is 9.90 Å². The van der Waals surface area contributed by atoms with Crippen molar-refractivity contribution in [3.63, 3.8) is 0 Å². The number of phenols is 1. The number of nitrogens with one attached hydrogen (secondary N) is 2. The summed E-state index contributed by atoms with van der Waals surface area (Å²) in [4.78, 5) is 20.5. The Morgan fingerprint density at radius 1 is 1.20 bits per heavy atom. The van der Waals surface area contributed by atoms with Crippen molar-refractivity contribution in [2.45, 2.75) is 37.1 Å². The van der Waals surface area contributed by atoms with Crippen LogP contribution < -0.4 is 5.32 Å². The lowest BCUT2D eigenvalue weighted by atomic mass is 9.96. The van der Waals surface area contributed by atoms with E-state index < -0.39 is 0 Å². The first-order chi connectivity index (χ1) is 14.7. The Hall–Kier alpha value is -3.24. The van der Waals surface area contributed by atoms with Gasteiger partial charge in [0.25, 0.3) is 0 Å². The van der Waals surface area contributed by atoms with Crippen LogP contribution in [0.1, 0.15) is 36.1 Å². The van der Waals surface area contributed by atoms with Gasteiger partial charge in [-0.15, -0.1) is 0 Å². The number of fused-ring (bicyclic) bond motifs is 1. The summed E-state index contributed by atoms with van der Waals surface area (Å²) >= 11 is 1.28. The number of aromatic nitrogens is 2. The van der Waals surface area contributed by atoms with E-state index in [2.05, 4.69) is 16.4 Å². The molecule has 0 saturated heterocycles. The van der Waals surface area contributed by atoms with Gasteiger partial charge >= 0.3 is 0 Å². The lowest BCUT2D eigenvalue weighted by Gasteiger charge is -2.16. The number of aromatic hydroxyl groups is 1. The second-order valence-corrected chi connectivity index (χ2v) is 8.20. The van der Waals surface area contributed by atoms with E-state index >= 15 is 0 Å². The number of H-pyrrole nitrogens is 1. The molecule has 1 aliphatic rings. The van der Waals surface area contributed by atoms with Crippen LogP contribution in [0.15, 0.2) is 47.6 Å². The lowest BCUT2D eigenvalue weighted by molar-refractivity contribution is -0.113. The van der Waals surface area contributed by atoms with Crippen LogP contribution in [0.4, 0.5) is 5.69 Å². The number of carbonyl (C=O) groups is 1. The Morgan fingerprint density at radius 3 is 2.73 bits per heavy atom. The number of aromatic amines is 1. The fourth-order valence-electron chi connectivity index (χ4n) is 3.76. The third-order valence-electron chi connectivity index (χ3n) is 5.16. The third-order valence-corrected chi connectivity index (χ3v) is 6.14. The summed E-state index contributed by atoms with van der Waals surface area (Å²) < 4.78 is 0. The van der Waals surface area contributed by atoms with Gasteiger partial charge < -0.3 is 15.4 Å². The number of pyridine rings is 1. The van der Waals surface area contributed by atoms with Gasteiger partial charge in [0.15, 0.2) is 0 Å². The van der Waals surface area contributed by atoms with Gasteiger partial charge in [0.05, 0.1) is 11.3 Å². The standard InChI is InChI=1S/C23H22N4O2S/c24-13-18-22(20-7-4-12-25-20)17-5-2-1-3-6-19(17)27-23(18)30-14-21(29)26-15-8-10-16(28)11-9-15/h4,7-12,25,28H,1-3,5-6,14H2,(H,26,29). The first-order valence-corrected chi connectivity index (χ1v) is 11.0. The Bertz CT molecular complexity index is 1090. The normalized spacial score (nSPS) is 13.2. The van der Waals surface area contributed by atoms with Gasteiger partial charge in [-0.2, -0.15) is 5.26 Å². The van der Waals surface area contributed by atoms with Crippen LogP contribution in [0, 0.1) is 11.3 Å². The number of hydrogen-bond donors (Lipinski definition) is 3. The molecule has 0 radical (unpaired) electrons. The Balaban J connectivity index is 1.62. The zero-order valence-electron chi connectivity index (χ0n) is 16.4. The molecule has 2 heterocycles. The molecule has 30 heavy (non-hydrogen) atoms. The van der Waals surface area contributed by atoms with E-state index in [1.807, 2.05) is 18.3 Å². The van der Waals surface area contributed by atoms with Gasteiger partial charge in [0.1, 0.15) is 16.8 Å². The van der Waals surface area contributed by atoms with Crippen LogP contribution in [0.5, 0.6) is 5.75 Å². The monoisotopic (exact) mass is 418 g/mol. The number of aryl methyl sites for hydroxylation is 1. The molecule has 1 aromatic carbocycles. The molecule has 1 amide bonds. The van der Waals surface area contributed by atoms with Crippen molar-refractivity contribution in [3.05, 3.63) is 59.4 Å². The van der Waals surface area contributed by atoms with Gasteiger partial charge in [0.2, 0.25) is 5.91 Å². The highest BCUT2D eigenvalue weighted by Gasteiger charge is 2.23. The van der Waals surface area contributed by atoms with Gasteiger partial charge in [-0.3, -0.25) is 4.79 Å². The van der Waals surface area contributed by atoms with Gasteiger partial charge in [-0.05, 0) is 67.6 Å². The number of carbonyl (C=O) groups excluding carboxylic acids is 1. The van der Waals surface area contributed by atoms with Crippen molar-refractivity contribution in [3.8, 4) is 23.1 Å². The predicted octanol–water partition coefficient (Wildman–Crippen LogP) is 4.65. The largest absolute Gasteiger partial charge is 0.508 e. The van der Waals surface area contributed by atoms with Crippen LogP contribution in [0.3, 0.4) is 0 Å². The highest BCUT2D eigenvalue weighted by molar-refractivity contribution is 8.00. The summed E-state index contributed by atoms with van der Waals surface area (Å²) in [5.41, 5.74) is 5.18. The average molecular weight is 419 g/mol. The molecule has 152 valence electrons. The topological polar surface area (TPSA) is 102 Å². The van der Waals surface area contributed by atoms with Gasteiger partial charge in [-0.1, -0.05) is 18.2 Å². The lowest BCUT2D eigenvalue weighted by Crippen LogP contribution is -2.14. The minimum absolute atomic E-state index is 0.144. The molecule has 7 heteroatoms. The third kappa shape index (κ3) is 4.34. The van der Waals surface area contributed by atoms with Crippen molar-refractivity contribution in [2.24, 2.45) is 0 Å². The van der Waals surface area contributed by atoms with E-state index in [1.54, 1.807) is 12.1 Å². The minimum Gasteiger partial charge on any atom is -0.508 e. The van der Waals surface area contributed by atoms with E-state index in [9.17, 15) is 15.2 Å². The molecular weight excluding hydrogens is 396 g/mol. The maximum atomic E-state index is 12.4. The van der Waals surface area contributed by atoms with Crippen molar-refractivity contribution in [1.82, 2.24) is 9.97 Å². The zero-order valence-corrected chi connectivity index (χ0v) is 17.3. The SMILES string of the molecule is N#Cc1c(SCC(=O)Nc2ccc(O)cc2)nc2c(c1-c1ccc[nH]1)CCCCC2. The first kappa shape index (κ1) is 20.0. The van der Waals surface area contributed by atoms with Crippen molar-refractivity contribution in [1.29, 1.82) is 5.26 Å². The molecule has 0 aliphatic heterocycles. The molecule has 0 spiro atoms. The molecule has 0 unspecified atom stereocenters. The molecule has 0 saturated carbocycles. The molecule has 3 aromatic rings. The van der Waals surface area contributed by atoms with Gasteiger partial charge in [0, 0.05) is 28.8 Å². The van der Waals surface area contributed by atoms with Crippen molar-refractivity contribution in [2.75, 3.05) is 11.1 Å². The molecule has 2 aromatic heterocycles. The number of anilines is 1. The number of phenolic OH excluding ortho intramolecular Hbond substituents is 1. The molecule has 0 atom stereocenters. The van der Waals surface area contributed by atoms with E-state index in [1.165, 1.54) is 23.9 Å². The second-order valence-electron chi connectivity index (χ2n) is 7.23. The van der Waals surface area contributed by atoms with Crippen LogP contribution in [0.25, 0.3) is 11.3 Å². The molecule has 6 nitrogen and oxygen atoms in total. The van der Waals surface area contributed by atoms with Crippen molar-refractivity contribution >= 4 is 23.4 Å². The highest BCUT2D eigenvalue weighted by Crippen LogP contribution is 2.36. The number of hydrogen-bond acceptors (Lipinski definition) is 5. The fraction of sp³-hybridized carbons (Fsp3) is 0.261. The highest BCUT2D eigenvalue weighted by atomic mass is 32.2. The molecule has 0 bridgehead atoms. The molecule has 1 aliphatic carbocycles. The number of amides is 1. The molecule has 3 N–H and O–H groups in total. The molecule has 4 rings (SSSR count). The molecule has 0 fully saturated rings. The van der Waals surface area contributed by atoms with E-state index in [-0.39, 0.29) is 17.4 Å². The van der Waals surface area contributed by atoms with Crippen LogP contribution in [-0.4, -0.2) is 26.7 Å². The van der Waals surface area contributed by atoms with E-state index in [0.29, 0.717) is 16.3 Å². The summed E-state index contributed by atoms with van der Waals surface area (Å²) in [6.45, 7) is 0. The average Bonchev–Trinajstić information content (AvgIpc) is 3.18. The number of benzene rings is 1. The number of nitriles is 1. The number of rotatable bonds is 5. The Labute approximate surface area is 179 Å². The Kier molecular flexibility index (Phi) is 6.05. The van der Waals surface area contributed by atoms with Crippen LogP contribution in [-0.2, 0) is 17.6 Å². The maximum Gasteiger partial charge on any atom is 0.234 e. The van der Waals surface area contributed by atoms with Gasteiger partial charge in [-0.25, -0.2) is 4.98 Å². The quantitative estimate of drug-likeness (QED) is 0.318. The number of thioether (sulfide) groups is 1. The molecular formula is C23H22N4O2S. The second kappa shape index (κ2) is 9.06. The summed E-state index contributed by atoms with van der Waals surface area (Å²) in [6.07, 6.45) is 6.99. The summed E-state index contributed by atoms with van der Waals surface area (Å²) in [6, 6.07) is 12.6. The summed E-state index contributed by atoms with van der Waals surface area (Å²) in [5.74, 6) is 0.103. The minimum atomic E-state index is -0.187. The zero-order chi connectivity index (χ0) is 20.9. The Morgan fingerprint density at radius 2 is 2.00 bits per heavy atom. The van der Waals surface area contributed by atoms with Crippen LogP contribution in [0.2, 0.25) is 0 Å². The first-order valence-electron chi connectivity index (χ1n) is 9.97. The summed E-state index contributed by atoms with van der Waals surface area (Å²) in [7, 11) is 0. The summed E-state index contributed by atoms with van der Waals surface area (Å²) in [5, 5.41) is 22.7. The maximum absolute atomic E-state index is 12.4. The smallest absolute Gasteiger partial charge is 0.234 e. The van der Waals surface area contributed by atoms with Crippen LogP contribution >= 0.6 is 11.8 Å². The predicted molar refractivity (Wildman–Crippen MR) is 117 cm³/mol.